The van der Waals surface area contributed by atoms with Crippen molar-refractivity contribution >= 4 is 11.8 Å². The minimum Gasteiger partial charge on any atom is -0.497 e. The third-order valence-electron chi connectivity index (χ3n) is 6.96. The lowest BCUT2D eigenvalue weighted by molar-refractivity contribution is 0.0895. The monoisotopic (exact) mass is 453 g/mol. The normalized spacial score (nSPS) is 21.9. The summed E-state index contributed by atoms with van der Waals surface area (Å²) in [6, 6.07) is 19.3. The second-order valence-electron chi connectivity index (χ2n) is 8.53. The molecular weight excluding hydrogens is 430 g/mol. The van der Waals surface area contributed by atoms with Gasteiger partial charge in [-0.2, -0.15) is 5.26 Å². The Morgan fingerprint density at radius 1 is 1.06 bits per heavy atom. The number of nitrogens with one attached hydrogen (secondary N) is 2. The van der Waals surface area contributed by atoms with Crippen molar-refractivity contribution in [3.63, 3.8) is 0 Å². The minimum atomic E-state index is -0.854. The third kappa shape index (κ3) is 2.96. The number of fused-ring (bicyclic) bond motifs is 4. The quantitative estimate of drug-likeness (QED) is 0.628. The van der Waals surface area contributed by atoms with E-state index < -0.39 is 11.6 Å². The van der Waals surface area contributed by atoms with E-state index in [0.29, 0.717) is 28.2 Å². The molecule has 1 aliphatic heterocycles. The highest BCUT2D eigenvalue weighted by Crippen LogP contribution is 2.57. The molecule has 0 unspecified atom stereocenters. The third-order valence-corrected chi connectivity index (χ3v) is 6.96. The Balaban J connectivity index is 1.66. The van der Waals surface area contributed by atoms with Gasteiger partial charge in [0.25, 0.3) is 11.8 Å². The van der Waals surface area contributed by atoms with Gasteiger partial charge >= 0.3 is 0 Å². The van der Waals surface area contributed by atoms with E-state index in [1.54, 1.807) is 44.6 Å². The Hall–Kier alpha value is -4.31. The molecular formula is C27H23N3O4. The number of ether oxygens (including phenoxy) is 2. The van der Waals surface area contributed by atoms with Crippen LogP contribution >= 0.6 is 0 Å². The van der Waals surface area contributed by atoms with E-state index in [4.69, 9.17) is 14.7 Å². The summed E-state index contributed by atoms with van der Waals surface area (Å²) in [5.74, 6) is 0.495. The van der Waals surface area contributed by atoms with Crippen LogP contribution in [0.3, 0.4) is 0 Å². The van der Waals surface area contributed by atoms with Crippen LogP contribution in [0.5, 0.6) is 11.5 Å². The first-order chi connectivity index (χ1) is 16.4. The van der Waals surface area contributed by atoms with Gasteiger partial charge in [0.2, 0.25) is 0 Å². The zero-order valence-corrected chi connectivity index (χ0v) is 19.0. The maximum absolute atomic E-state index is 13.2. The molecule has 3 aromatic rings. The van der Waals surface area contributed by atoms with E-state index in [1.807, 2.05) is 37.3 Å². The standard InChI is InChI=1S/C27H23N3O4/c1-15-24(29-25(31)17-10-8-16(14-28)9-11-17)23-21(12-18(33-2)13-22(23)34-3)27(15)20-7-5-4-6-19(20)26(32)30-27/h4-13,15,24H,1-3H3,(H,29,31)(H,30,32)/t15-,24-,27+/m0/s1. The van der Waals surface area contributed by atoms with Gasteiger partial charge < -0.3 is 20.1 Å². The molecule has 0 saturated carbocycles. The van der Waals surface area contributed by atoms with E-state index in [1.165, 1.54) is 0 Å². The van der Waals surface area contributed by atoms with Gasteiger partial charge in [0.05, 0.1) is 37.4 Å². The largest absolute Gasteiger partial charge is 0.497 e. The molecule has 3 atom stereocenters. The highest BCUT2D eigenvalue weighted by Gasteiger charge is 2.57. The van der Waals surface area contributed by atoms with Crippen LogP contribution in [0.1, 0.15) is 55.9 Å². The highest BCUT2D eigenvalue weighted by molar-refractivity contribution is 6.01. The molecule has 2 aliphatic rings. The average Bonchev–Trinajstić information content (AvgIpc) is 3.30. The topological polar surface area (TPSA) is 100 Å². The predicted octanol–water partition coefficient (Wildman–Crippen LogP) is 3.68. The van der Waals surface area contributed by atoms with Crippen LogP contribution in [-0.4, -0.2) is 26.0 Å². The Morgan fingerprint density at radius 3 is 2.47 bits per heavy atom. The zero-order valence-electron chi connectivity index (χ0n) is 19.0. The van der Waals surface area contributed by atoms with Crippen molar-refractivity contribution in [3.05, 3.63) is 94.0 Å². The minimum absolute atomic E-state index is 0.158. The average molecular weight is 453 g/mol. The van der Waals surface area contributed by atoms with Gasteiger partial charge in [0, 0.05) is 28.7 Å². The van der Waals surface area contributed by atoms with Crippen molar-refractivity contribution in [3.8, 4) is 17.6 Å². The van der Waals surface area contributed by atoms with Crippen molar-refractivity contribution in [2.45, 2.75) is 18.5 Å². The van der Waals surface area contributed by atoms with Crippen LogP contribution in [0, 0.1) is 17.2 Å². The first kappa shape index (κ1) is 21.5. The molecule has 7 nitrogen and oxygen atoms in total. The molecule has 0 radical (unpaired) electrons. The molecule has 0 aromatic heterocycles. The van der Waals surface area contributed by atoms with Crippen LogP contribution in [0.25, 0.3) is 0 Å². The molecule has 7 heteroatoms. The van der Waals surface area contributed by atoms with Crippen LogP contribution in [-0.2, 0) is 5.54 Å². The summed E-state index contributed by atoms with van der Waals surface area (Å²) in [6.45, 7) is 2.01. The fraction of sp³-hybridized carbons (Fsp3) is 0.222. The smallest absolute Gasteiger partial charge is 0.252 e. The molecule has 170 valence electrons. The number of carbonyl (C=O) groups is 2. The van der Waals surface area contributed by atoms with Gasteiger partial charge in [0.15, 0.2) is 0 Å². The van der Waals surface area contributed by atoms with Gasteiger partial charge in [0.1, 0.15) is 11.5 Å². The Morgan fingerprint density at radius 2 is 1.79 bits per heavy atom. The van der Waals surface area contributed by atoms with Crippen LogP contribution in [0.15, 0.2) is 60.7 Å². The van der Waals surface area contributed by atoms with Crippen LogP contribution < -0.4 is 20.1 Å². The number of rotatable bonds is 4. The molecule has 1 spiro atoms. The van der Waals surface area contributed by atoms with E-state index in [9.17, 15) is 9.59 Å². The SMILES string of the molecule is COc1cc(OC)c2c(c1)[C@@]1(NC(=O)c3ccccc31)[C@@H](C)[C@@H]2NC(=O)c1ccc(C#N)cc1. The molecule has 3 aromatic carbocycles. The maximum Gasteiger partial charge on any atom is 0.252 e. The summed E-state index contributed by atoms with van der Waals surface area (Å²) in [5.41, 5.74) is 3.17. The summed E-state index contributed by atoms with van der Waals surface area (Å²) in [6.07, 6.45) is 0. The number of nitriles is 1. The Bertz CT molecular complexity index is 1360. The number of methoxy groups -OCH3 is 2. The number of amides is 2. The predicted molar refractivity (Wildman–Crippen MR) is 125 cm³/mol. The zero-order chi connectivity index (χ0) is 24.0. The van der Waals surface area contributed by atoms with Crippen molar-refractivity contribution in [2.24, 2.45) is 5.92 Å². The van der Waals surface area contributed by atoms with Crippen molar-refractivity contribution < 1.29 is 19.1 Å². The molecule has 1 heterocycles. The number of benzene rings is 3. The first-order valence-corrected chi connectivity index (χ1v) is 10.9. The summed E-state index contributed by atoms with van der Waals surface area (Å²) in [5, 5.41) is 15.4. The van der Waals surface area contributed by atoms with Crippen LogP contribution in [0.2, 0.25) is 0 Å². The summed E-state index contributed by atoms with van der Waals surface area (Å²) < 4.78 is 11.3. The van der Waals surface area contributed by atoms with E-state index in [2.05, 4.69) is 16.7 Å². The molecule has 2 N–H and O–H groups in total. The van der Waals surface area contributed by atoms with Crippen molar-refractivity contribution in [2.75, 3.05) is 14.2 Å². The lowest BCUT2D eigenvalue weighted by Gasteiger charge is -2.33. The lowest BCUT2D eigenvalue weighted by atomic mass is 9.78. The fourth-order valence-electron chi connectivity index (χ4n) is 5.31. The van der Waals surface area contributed by atoms with E-state index in [-0.39, 0.29) is 17.7 Å². The van der Waals surface area contributed by atoms with Gasteiger partial charge in [-0.3, -0.25) is 9.59 Å². The molecule has 2 amide bonds. The number of carbonyl (C=O) groups excluding carboxylic acids is 2. The van der Waals surface area contributed by atoms with Gasteiger partial charge in [-0.25, -0.2) is 0 Å². The van der Waals surface area contributed by atoms with E-state index >= 15 is 0 Å². The number of nitrogens with zero attached hydrogens (tertiary/aromatic N) is 1. The van der Waals surface area contributed by atoms with Crippen molar-refractivity contribution in [1.82, 2.24) is 10.6 Å². The Kier molecular flexibility index (Phi) is 5.02. The van der Waals surface area contributed by atoms with Gasteiger partial charge in [-0.05, 0) is 47.5 Å². The van der Waals surface area contributed by atoms with Crippen molar-refractivity contribution in [1.29, 1.82) is 5.26 Å². The summed E-state index contributed by atoms with van der Waals surface area (Å²) in [4.78, 5) is 26.3. The first-order valence-electron chi connectivity index (χ1n) is 10.9. The number of hydrogen-bond acceptors (Lipinski definition) is 5. The van der Waals surface area contributed by atoms with E-state index in [0.717, 1.165) is 16.7 Å². The van der Waals surface area contributed by atoms with Crippen LogP contribution in [0.4, 0.5) is 0 Å². The molecule has 0 saturated heterocycles. The molecule has 5 rings (SSSR count). The summed E-state index contributed by atoms with van der Waals surface area (Å²) >= 11 is 0. The molecule has 1 aliphatic carbocycles. The highest BCUT2D eigenvalue weighted by atomic mass is 16.5. The molecule has 0 bridgehead atoms. The van der Waals surface area contributed by atoms with Gasteiger partial charge in [-0.15, -0.1) is 0 Å². The second-order valence-corrected chi connectivity index (χ2v) is 8.53. The molecule has 34 heavy (non-hydrogen) atoms. The Labute approximate surface area is 197 Å². The second kappa shape index (κ2) is 7.92. The van der Waals surface area contributed by atoms with Gasteiger partial charge in [-0.1, -0.05) is 25.1 Å². The fourth-order valence-corrected chi connectivity index (χ4v) is 5.31. The number of hydrogen-bond donors (Lipinski definition) is 2. The maximum atomic E-state index is 13.2. The summed E-state index contributed by atoms with van der Waals surface area (Å²) in [7, 11) is 3.16. The molecule has 0 fully saturated rings. The lowest BCUT2D eigenvalue weighted by Crippen LogP contribution is -2.46.